The van der Waals surface area contributed by atoms with Gasteiger partial charge in [-0.15, -0.1) is 0 Å². The molecule has 3 heterocycles. The van der Waals surface area contributed by atoms with Crippen molar-refractivity contribution in [2.24, 2.45) is 0 Å². The van der Waals surface area contributed by atoms with E-state index in [1.54, 1.807) is 6.07 Å². The van der Waals surface area contributed by atoms with Crippen LogP contribution in [-0.4, -0.2) is 5.11 Å². The molecule has 0 radical (unpaired) electrons. The topological polar surface area (TPSA) is 111 Å². The molecule has 0 fully saturated rings. The molecule has 10 aromatic carbocycles. The van der Waals surface area contributed by atoms with Gasteiger partial charge in [-0.2, -0.15) is 0 Å². The molecule has 11 aromatic rings. The van der Waals surface area contributed by atoms with Gasteiger partial charge in [0.05, 0.1) is 21.5 Å². The number of fused-ring (bicyclic) bond motifs is 7. The van der Waals surface area contributed by atoms with Crippen molar-refractivity contribution >= 4 is 90.5 Å². The summed E-state index contributed by atoms with van der Waals surface area (Å²) in [5.74, 6) is 4.14. The maximum atomic E-state index is 11.5. The fourth-order valence-electron chi connectivity index (χ4n) is 13.2. The predicted molar refractivity (Wildman–Crippen MR) is 406 cm³/mol. The molecule has 0 amide bonds. The summed E-state index contributed by atoms with van der Waals surface area (Å²) in [6, 6.07) is 46.3. The lowest BCUT2D eigenvalue weighted by Gasteiger charge is -2.34. The summed E-state index contributed by atoms with van der Waals surface area (Å²) < 4.78 is 65.8. The van der Waals surface area contributed by atoms with Crippen LogP contribution in [0, 0.1) is 0 Å². The zero-order chi connectivity index (χ0) is 70.0. The average molecular weight is 1360 g/mol. The Hall–Kier alpha value is -7.60. The molecule has 1 N–H and O–H groups in total. The maximum Gasteiger partial charge on any atom is 0.530 e. The summed E-state index contributed by atoms with van der Waals surface area (Å²) in [7, 11) is -6.68. The van der Waals surface area contributed by atoms with Crippen LogP contribution in [0.3, 0.4) is 0 Å². The van der Waals surface area contributed by atoms with Gasteiger partial charge in [0.1, 0.15) is 45.7 Å². The average Bonchev–Trinajstić information content (AvgIpc) is 1.53. The second kappa shape index (κ2) is 23.3. The van der Waals surface area contributed by atoms with Crippen LogP contribution in [0.5, 0.6) is 46.0 Å². The number of rotatable bonds is 7. The molecular formula is C84H95O10P3. The van der Waals surface area contributed by atoms with Gasteiger partial charge in [-0.1, -0.05) is 239 Å². The molecule has 10 nitrogen and oxygen atoms in total. The van der Waals surface area contributed by atoms with Crippen LogP contribution in [0.25, 0.3) is 76.2 Å². The second-order valence-electron chi connectivity index (χ2n) is 34.9. The number of benzene rings is 10. The van der Waals surface area contributed by atoms with Gasteiger partial charge in [-0.3, -0.25) is 0 Å². The highest BCUT2D eigenvalue weighted by atomic mass is 31.2. The number of phenolic OH excluding ortho intramolecular Hbond substituents is 1. The first-order valence-corrected chi connectivity index (χ1v) is 37.2. The first-order chi connectivity index (χ1) is 45.0. The van der Waals surface area contributed by atoms with Gasteiger partial charge >= 0.3 is 25.4 Å². The zero-order valence-corrected chi connectivity index (χ0v) is 63.8. The highest BCUT2D eigenvalue weighted by Crippen LogP contribution is 2.62. The monoisotopic (exact) mass is 1360 g/mol. The van der Waals surface area contributed by atoms with Crippen LogP contribution < -0.4 is 31.7 Å². The summed E-state index contributed by atoms with van der Waals surface area (Å²) >= 11 is 0. The number of aromatic hydroxyl groups is 1. The molecule has 0 bridgehead atoms. The molecule has 0 aliphatic carbocycles. The molecule has 0 spiro atoms. The van der Waals surface area contributed by atoms with Crippen molar-refractivity contribution in [3.05, 3.63) is 178 Å². The van der Waals surface area contributed by atoms with Gasteiger partial charge < -0.3 is 45.2 Å². The van der Waals surface area contributed by atoms with Crippen molar-refractivity contribution in [3.63, 3.8) is 0 Å². The molecule has 506 valence electrons. The van der Waals surface area contributed by atoms with Gasteiger partial charge in [-0.25, -0.2) is 0 Å². The van der Waals surface area contributed by atoms with Crippen molar-refractivity contribution < 1.29 is 45.2 Å². The molecule has 0 saturated carbocycles. The zero-order valence-electron chi connectivity index (χ0n) is 61.2. The van der Waals surface area contributed by atoms with Crippen LogP contribution >= 0.6 is 25.4 Å². The fourth-order valence-corrected chi connectivity index (χ4v) is 16.5. The maximum absolute atomic E-state index is 11.5. The Bertz CT molecular complexity index is 4960. The molecule has 2 unspecified atom stereocenters. The Morgan fingerprint density at radius 3 is 1.05 bits per heavy atom. The summed E-state index contributed by atoms with van der Waals surface area (Å²) in [6.07, 6.45) is 0. The third-order valence-corrected chi connectivity index (χ3v) is 22.0. The highest BCUT2D eigenvalue weighted by Gasteiger charge is 2.40. The van der Waals surface area contributed by atoms with Crippen LogP contribution in [0.4, 0.5) is 0 Å². The van der Waals surface area contributed by atoms with Gasteiger partial charge in [0.2, 0.25) is 0 Å². The minimum Gasteiger partial charge on any atom is -0.507 e. The summed E-state index contributed by atoms with van der Waals surface area (Å²) in [5.41, 5.74) is 9.24. The predicted octanol–water partition coefficient (Wildman–Crippen LogP) is 26.7. The number of phenols is 1. The van der Waals surface area contributed by atoms with E-state index in [0.29, 0.717) is 45.6 Å². The van der Waals surface area contributed by atoms with Gasteiger partial charge in [0.25, 0.3) is 0 Å². The highest BCUT2D eigenvalue weighted by molar-refractivity contribution is 7.43. The normalized spacial score (nSPS) is 15.6. The lowest BCUT2D eigenvalue weighted by molar-refractivity contribution is 0.373. The van der Waals surface area contributed by atoms with Crippen LogP contribution in [0.15, 0.2) is 142 Å². The van der Waals surface area contributed by atoms with E-state index in [0.717, 1.165) is 104 Å². The Kier molecular flexibility index (Phi) is 16.3. The molecular weight excluding hydrogens is 1260 g/mol. The van der Waals surface area contributed by atoms with Gasteiger partial charge in [0, 0.05) is 44.2 Å². The summed E-state index contributed by atoms with van der Waals surface area (Å²) in [6.45, 7) is 53.9. The first kappa shape index (κ1) is 67.9. The van der Waals surface area contributed by atoms with Crippen molar-refractivity contribution in [2.75, 3.05) is 0 Å². The van der Waals surface area contributed by atoms with Crippen molar-refractivity contribution in [2.45, 2.75) is 209 Å². The standard InChI is InChI=1S/C84H95O10P3/c1-77(2,3)51-39-55-56-40-52(78(4,5)6)44-60(82(16,17)18)72(56)90-95(89-71(55)59(43-51)81(13,14)15)86-65-35-27-31-49-38-50-32-28-36-66-70(50)76(69(49)65)94-97(88-66)92-74-58(42-54(80(10,11)12)46-62(74)84(22,23)24)57-41-53(79(7,8)9)45-61(83(19,20)21)73(57)91-96-87-64-34-26-30-48-37-47-29-25-33-63(85)67(47)75(93-96)68(48)64/h25-46,85H,1-24H3. The Morgan fingerprint density at radius 1 is 0.320 bits per heavy atom. The van der Waals surface area contributed by atoms with Gasteiger partial charge in [0.15, 0.2) is 11.5 Å². The number of hydrogen-bond donors (Lipinski definition) is 1. The molecule has 97 heavy (non-hydrogen) atoms. The minimum atomic E-state index is -2.28. The van der Waals surface area contributed by atoms with E-state index >= 15 is 0 Å². The van der Waals surface area contributed by atoms with E-state index in [1.165, 1.54) is 11.1 Å². The first-order valence-electron chi connectivity index (χ1n) is 34.0. The number of hydrogen-bond acceptors (Lipinski definition) is 10. The van der Waals surface area contributed by atoms with E-state index in [-0.39, 0.29) is 38.2 Å². The SMILES string of the molecule is CC(C)(C)c1cc(-c2cc(C(C)(C)C)cc(C(C)(C)C)c2OP2Oc3cccc4cc5cccc(Op6oc7c(C(C)(C)C)cc(C(C)(C)C)cc7c7cc(C(C)(C)C)cc(C(C)(C)C)c7o6)c5c(c34)O2)c(OP2Oc3cccc4cc5cccc(O)c5c(c34)O2)c(C(C)(C)C)c1. The Labute approximate surface area is 576 Å². The smallest absolute Gasteiger partial charge is 0.507 e. The van der Waals surface area contributed by atoms with E-state index in [1.807, 2.05) is 54.6 Å². The van der Waals surface area contributed by atoms with Crippen LogP contribution in [0.1, 0.15) is 211 Å². The van der Waals surface area contributed by atoms with Gasteiger partial charge in [-0.05, 0) is 148 Å². The van der Waals surface area contributed by atoms with Crippen molar-refractivity contribution in [1.82, 2.24) is 0 Å². The Balaban J connectivity index is 1.01. The van der Waals surface area contributed by atoms with Crippen molar-refractivity contribution in [1.29, 1.82) is 0 Å². The van der Waals surface area contributed by atoms with E-state index in [4.69, 9.17) is 40.1 Å². The molecule has 13 heteroatoms. The second-order valence-corrected chi connectivity index (χ2v) is 37.9. The van der Waals surface area contributed by atoms with Crippen LogP contribution in [-0.2, 0) is 43.3 Å². The quantitative estimate of drug-likeness (QED) is 0.122. The molecule has 0 saturated heterocycles. The molecule has 13 rings (SSSR count). The molecule has 2 aliphatic rings. The third kappa shape index (κ3) is 12.6. The van der Waals surface area contributed by atoms with Crippen molar-refractivity contribution in [3.8, 4) is 57.1 Å². The molecule has 2 atom stereocenters. The van der Waals surface area contributed by atoms with E-state index in [9.17, 15) is 5.11 Å². The van der Waals surface area contributed by atoms with E-state index < -0.39 is 36.3 Å². The largest absolute Gasteiger partial charge is 0.530 e. The molecule has 1 aromatic heterocycles. The lowest BCUT2D eigenvalue weighted by Crippen LogP contribution is -2.21. The third-order valence-electron chi connectivity index (χ3n) is 18.9. The summed E-state index contributed by atoms with van der Waals surface area (Å²) in [4.78, 5) is 0. The lowest BCUT2D eigenvalue weighted by atomic mass is 9.75. The fraction of sp³-hybridized carbons (Fsp3) is 0.381. The molecule has 2 aliphatic heterocycles. The summed E-state index contributed by atoms with van der Waals surface area (Å²) in [5, 5.41) is 20.0. The minimum absolute atomic E-state index is 0.113. The van der Waals surface area contributed by atoms with Crippen LogP contribution in [0.2, 0.25) is 0 Å². The Morgan fingerprint density at radius 2 is 0.660 bits per heavy atom. The van der Waals surface area contributed by atoms with E-state index in [2.05, 4.69) is 239 Å².